The molecule has 7 nitrogen and oxygen atoms in total. The molecule has 0 spiro atoms. The molecule has 0 saturated heterocycles. The maximum atomic E-state index is 13.2. The fraction of sp³-hybridized carbons (Fsp3) is 0.200. The van der Waals surface area contributed by atoms with Gasteiger partial charge in [-0.05, 0) is 23.8 Å². The predicted octanol–water partition coefficient (Wildman–Crippen LogP) is 2.66. The van der Waals surface area contributed by atoms with Gasteiger partial charge in [0.2, 0.25) is 10.0 Å². The molecule has 0 aliphatic carbocycles. The molecule has 3 rings (SSSR count). The first-order valence-corrected chi connectivity index (χ1v) is 11.0. The quantitative estimate of drug-likeness (QED) is 0.601. The van der Waals surface area contributed by atoms with E-state index in [0.29, 0.717) is 4.80 Å². The number of hydrogen-bond donors (Lipinski definition) is 0. The summed E-state index contributed by atoms with van der Waals surface area (Å²) < 4.78 is 34.5. The van der Waals surface area contributed by atoms with Crippen LogP contribution in [-0.2, 0) is 23.6 Å². The molecule has 1 amide bonds. The molecular formula is C20H21N3O4S2. The summed E-state index contributed by atoms with van der Waals surface area (Å²) in [6, 6.07) is 13.6. The second kappa shape index (κ2) is 8.73. The van der Waals surface area contributed by atoms with E-state index >= 15 is 0 Å². The fourth-order valence-electron chi connectivity index (χ4n) is 2.69. The molecule has 0 atom stereocenters. The number of methoxy groups -OCH3 is 1. The largest absolute Gasteiger partial charge is 0.495 e. The monoisotopic (exact) mass is 431 g/mol. The molecule has 1 aromatic heterocycles. The lowest BCUT2D eigenvalue weighted by Gasteiger charge is -2.19. The molecule has 0 N–H and O–H groups in total. The predicted molar refractivity (Wildman–Crippen MR) is 111 cm³/mol. The summed E-state index contributed by atoms with van der Waals surface area (Å²) in [5.74, 6) is -0.351. The van der Waals surface area contributed by atoms with Gasteiger partial charge in [0.15, 0.2) is 4.80 Å². The smallest absolute Gasteiger partial charge is 0.279 e. The average Bonchev–Trinajstić information content (AvgIpc) is 3.12. The molecule has 0 aliphatic heterocycles. The first-order valence-electron chi connectivity index (χ1n) is 8.70. The SMILES string of the molecule is COc1ccc(C(=O)N=c2sccn2C)cc1S(=O)(=O)N(C)Cc1ccccc1. The lowest BCUT2D eigenvalue weighted by Crippen LogP contribution is -2.27. The Kier molecular flexibility index (Phi) is 6.31. The second-order valence-corrected chi connectivity index (χ2v) is 9.21. The third-order valence-corrected chi connectivity index (χ3v) is 6.98. The topological polar surface area (TPSA) is 81.0 Å². The van der Waals surface area contributed by atoms with Crippen molar-refractivity contribution < 1.29 is 17.9 Å². The molecule has 0 bridgehead atoms. The van der Waals surface area contributed by atoms with Gasteiger partial charge in [0, 0.05) is 37.8 Å². The van der Waals surface area contributed by atoms with Crippen LogP contribution in [0.4, 0.5) is 0 Å². The molecule has 1 heterocycles. The first kappa shape index (κ1) is 21.0. The van der Waals surface area contributed by atoms with Gasteiger partial charge >= 0.3 is 0 Å². The lowest BCUT2D eigenvalue weighted by molar-refractivity contribution is 0.0997. The van der Waals surface area contributed by atoms with Gasteiger partial charge in [-0.1, -0.05) is 30.3 Å². The van der Waals surface area contributed by atoms with Crippen molar-refractivity contribution >= 4 is 27.3 Å². The number of thiazole rings is 1. The third-order valence-electron chi connectivity index (χ3n) is 4.30. The van der Waals surface area contributed by atoms with Gasteiger partial charge in [-0.3, -0.25) is 4.79 Å². The molecule has 29 heavy (non-hydrogen) atoms. The van der Waals surface area contributed by atoms with Crippen LogP contribution >= 0.6 is 11.3 Å². The van der Waals surface area contributed by atoms with E-state index in [1.54, 1.807) is 17.8 Å². The van der Waals surface area contributed by atoms with Crippen LogP contribution in [0.25, 0.3) is 0 Å². The van der Waals surface area contributed by atoms with Crippen molar-refractivity contribution in [1.82, 2.24) is 8.87 Å². The lowest BCUT2D eigenvalue weighted by atomic mass is 10.2. The zero-order chi connectivity index (χ0) is 21.0. The van der Waals surface area contributed by atoms with E-state index < -0.39 is 15.9 Å². The Labute approximate surface area is 173 Å². The van der Waals surface area contributed by atoms with Crippen molar-refractivity contribution in [3.8, 4) is 5.75 Å². The Bertz CT molecular complexity index is 1180. The van der Waals surface area contributed by atoms with E-state index in [9.17, 15) is 13.2 Å². The average molecular weight is 432 g/mol. The standard InChI is InChI=1S/C20H21N3O4S2/c1-22-11-12-28-20(22)21-19(24)16-9-10-17(27-3)18(13-16)29(25,26)23(2)14-15-7-5-4-6-8-15/h4-13H,14H2,1-3H3. The molecule has 0 saturated carbocycles. The minimum atomic E-state index is -3.89. The van der Waals surface area contributed by atoms with Gasteiger partial charge in [-0.15, -0.1) is 11.3 Å². The highest BCUT2D eigenvalue weighted by molar-refractivity contribution is 7.89. The normalized spacial score (nSPS) is 12.3. The Morgan fingerprint density at radius 2 is 1.93 bits per heavy atom. The summed E-state index contributed by atoms with van der Waals surface area (Å²) in [6.45, 7) is 0.194. The van der Waals surface area contributed by atoms with Gasteiger partial charge in [0.1, 0.15) is 10.6 Å². The molecule has 2 aromatic carbocycles. The van der Waals surface area contributed by atoms with Crippen LogP contribution < -0.4 is 9.54 Å². The highest BCUT2D eigenvalue weighted by Crippen LogP contribution is 2.28. The minimum absolute atomic E-state index is 0.0740. The van der Waals surface area contributed by atoms with Crippen LogP contribution in [0.15, 0.2) is 70.0 Å². The van der Waals surface area contributed by atoms with Crippen LogP contribution in [0.5, 0.6) is 5.75 Å². The zero-order valence-corrected chi connectivity index (χ0v) is 17.9. The summed E-state index contributed by atoms with van der Waals surface area (Å²) in [5.41, 5.74) is 1.02. The summed E-state index contributed by atoms with van der Waals surface area (Å²) in [7, 11) is 0.773. The number of aromatic nitrogens is 1. The molecule has 152 valence electrons. The number of hydrogen-bond acceptors (Lipinski definition) is 5. The van der Waals surface area contributed by atoms with Crippen molar-refractivity contribution in [2.45, 2.75) is 11.4 Å². The minimum Gasteiger partial charge on any atom is -0.495 e. The Hall–Kier alpha value is -2.75. The molecule has 9 heteroatoms. The third kappa shape index (κ3) is 4.64. The number of carbonyl (C=O) groups is 1. The molecule has 0 aliphatic rings. The zero-order valence-electron chi connectivity index (χ0n) is 16.3. The Morgan fingerprint density at radius 3 is 2.55 bits per heavy atom. The molecule has 0 fully saturated rings. The number of aryl methyl sites for hydroxylation is 1. The first-order chi connectivity index (χ1) is 13.8. The Balaban J connectivity index is 1.98. The van der Waals surface area contributed by atoms with E-state index in [1.165, 1.54) is 48.0 Å². The van der Waals surface area contributed by atoms with Crippen LogP contribution in [0.3, 0.4) is 0 Å². The van der Waals surface area contributed by atoms with Crippen molar-refractivity contribution in [3.05, 3.63) is 76.0 Å². The number of ether oxygens (including phenoxy) is 1. The molecular weight excluding hydrogens is 410 g/mol. The van der Waals surface area contributed by atoms with Crippen molar-refractivity contribution in [2.75, 3.05) is 14.2 Å². The van der Waals surface area contributed by atoms with Gasteiger partial charge in [-0.25, -0.2) is 8.42 Å². The van der Waals surface area contributed by atoms with E-state index in [0.717, 1.165) is 5.56 Å². The number of carbonyl (C=O) groups excluding carboxylic acids is 1. The van der Waals surface area contributed by atoms with Gasteiger partial charge in [0.25, 0.3) is 5.91 Å². The van der Waals surface area contributed by atoms with E-state index in [2.05, 4.69) is 4.99 Å². The number of rotatable bonds is 6. The van der Waals surface area contributed by atoms with E-state index in [-0.39, 0.29) is 22.8 Å². The summed E-state index contributed by atoms with van der Waals surface area (Å²) in [6.07, 6.45) is 1.79. The number of benzene rings is 2. The van der Waals surface area contributed by atoms with Gasteiger partial charge < -0.3 is 9.30 Å². The van der Waals surface area contributed by atoms with Gasteiger partial charge in [-0.2, -0.15) is 9.30 Å². The van der Waals surface area contributed by atoms with Crippen molar-refractivity contribution in [3.63, 3.8) is 0 Å². The summed E-state index contributed by atoms with van der Waals surface area (Å²) >= 11 is 1.32. The molecule has 0 unspecified atom stereocenters. The van der Waals surface area contributed by atoms with Crippen LogP contribution in [0.1, 0.15) is 15.9 Å². The van der Waals surface area contributed by atoms with Crippen molar-refractivity contribution in [2.24, 2.45) is 12.0 Å². The molecule has 3 aromatic rings. The molecule has 0 radical (unpaired) electrons. The van der Waals surface area contributed by atoms with Gasteiger partial charge in [0.05, 0.1) is 7.11 Å². The van der Waals surface area contributed by atoms with Crippen LogP contribution in [0, 0.1) is 0 Å². The number of amides is 1. The summed E-state index contributed by atoms with van der Waals surface area (Å²) in [4.78, 5) is 17.1. The number of sulfonamides is 1. The van der Waals surface area contributed by atoms with E-state index in [4.69, 9.17) is 4.74 Å². The Morgan fingerprint density at radius 1 is 1.21 bits per heavy atom. The van der Waals surface area contributed by atoms with Crippen LogP contribution in [0.2, 0.25) is 0 Å². The summed E-state index contributed by atoms with van der Waals surface area (Å²) in [5, 5.41) is 1.81. The van der Waals surface area contributed by atoms with Crippen LogP contribution in [-0.4, -0.2) is 37.4 Å². The highest BCUT2D eigenvalue weighted by Gasteiger charge is 2.26. The maximum absolute atomic E-state index is 13.2. The number of nitrogens with zero attached hydrogens (tertiary/aromatic N) is 3. The maximum Gasteiger partial charge on any atom is 0.279 e. The van der Waals surface area contributed by atoms with Crippen molar-refractivity contribution in [1.29, 1.82) is 0 Å². The fourth-order valence-corrected chi connectivity index (χ4v) is 4.76. The highest BCUT2D eigenvalue weighted by atomic mass is 32.2. The van der Waals surface area contributed by atoms with E-state index in [1.807, 2.05) is 35.7 Å². The second-order valence-electron chi connectivity index (χ2n) is 6.33.